The second kappa shape index (κ2) is 4.43. The molecule has 0 N–H and O–H groups in total. The molecule has 1 atom stereocenters. The van der Waals surface area contributed by atoms with Crippen molar-refractivity contribution in [1.82, 2.24) is 0 Å². The van der Waals surface area contributed by atoms with Crippen molar-refractivity contribution in [2.75, 3.05) is 0 Å². The number of hydrogen-bond acceptors (Lipinski definition) is 1. The maximum absolute atomic E-state index is 12.3. The molecule has 0 radical (unpaired) electrons. The zero-order chi connectivity index (χ0) is 11.0. The van der Waals surface area contributed by atoms with E-state index in [1.165, 1.54) is 20.6 Å². The molecule has 3 heteroatoms. The van der Waals surface area contributed by atoms with Gasteiger partial charge in [-0.25, -0.2) is 0 Å². The first-order chi connectivity index (χ1) is 7.86. The molecule has 0 fully saturated rings. The Morgan fingerprint density at radius 3 is 2.81 bits per heavy atom. The Morgan fingerprint density at radius 1 is 1.12 bits per heavy atom. The summed E-state index contributed by atoms with van der Waals surface area (Å²) in [5, 5.41) is 4.74. The molecule has 0 bridgehead atoms. The fourth-order valence-corrected chi connectivity index (χ4v) is 8.29. The van der Waals surface area contributed by atoms with Crippen LogP contribution in [0, 0.1) is 0 Å². The summed E-state index contributed by atoms with van der Waals surface area (Å²) in [5.74, 6) is 0. The van der Waals surface area contributed by atoms with Gasteiger partial charge in [-0.05, 0) is 0 Å². The van der Waals surface area contributed by atoms with E-state index in [9.17, 15) is 3.83 Å². The molecule has 16 heavy (non-hydrogen) atoms. The van der Waals surface area contributed by atoms with Crippen molar-refractivity contribution >= 4 is 48.5 Å². The van der Waals surface area contributed by atoms with Gasteiger partial charge in [0.25, 0.3) is 0 Å². The van der Waals surface area contributed by atoms with Gasteiger partial charge < -0.3 is 0 Å². The molecule has 0 amide bonds. The predicted octanol–water partition coefficient (Wildman–Crippen LogP) is 1.62. The van der Waals surface area contributed by atoms with E-state index >= 15 is 0 Å². The van der Waals surface area contributed by atoms with Gasteiger partial charge in [-0.3, -0.25) is 0 Å². The van der Waals surface area contributed by atoms with Crippen molar-refractivity contribution in [2.24, 2.45) is 0 Å². The summed E-state index contributed by atoms with van der Waals surface area (Å²) >= 11 is -1.23. The molecule has 1 nitrogen and oxygen atoms in total. The fourth-order valence-electron chi connectivity index (χ4n) is 2.07. The molecule has 0 spiro atoms. The summed E-state index contributed by atoms with van der Waals surface area (Å²) in [6, 6.07) is 12.7. The second-order valence-corrected chi connectivity index (χ2v) is 9.48. The Labute approximate surface area is 105 Å². The molecule has 0 saturated carbocycles. The van der Waals surface area contributed by atoms with Crippen LogP contribution in [0.25, 0.3) is 10.8 Å². The van der Waals surface area contributed by atoms with Crippen molar-refractivity contribution in [2.45, 2.75) is 17.1 Å². The zero-order valence-corrected chi connectivity index (χ0v) is 12.2. The third kappa shape index (κ3) is 1.78. The Morgan fingerprint density at radius 2 is 1.94 bits per heavy atom. The number of rotatable bonds is 0. The van der Waals surface area contributed by atoms with E-state index in [4.69, 9.17) is 0 Å². The SMILES string of the molecule is O=[Se]1CCC[Se]c2cccc3cccc1c23. The van der Waals surface area contributed by atoms with Crippen molar-refractivity contribution in [3.63, 3.8) is 0 Å². The molecule has 1 heterocycles. The standard InChI is InChI=1S/C13H12OSe2/c14-16-9-3-8-15-11-6-1-4-10-5-2-7-12(16)13(10)11/h1-2,4-7H,3,8-9H2. The minimum absolute atomic E-state index is 0.557. The van der Waals surface area contributed by atoms with Gasteiger partial charge in [-0.2, -0.15) is 0 Å². The van der Waals surface area contributed by atoms with Crippen LogP contribution in [0.5, 0.6) is 0 Å². The van der Waals surface area contributed by atoms with Crippen molar-refractivity contribution in [3.8, 4) is 0 Å². The van der Waals surface area contributed by atoms with Crippen LogP contribution >= 0.6 is 0 Å². The first-order valence-corrected chi connectivity index (χ1v) is 10.2. The Bertz CT molecular complexity index is 558. The molecule has 82 valence electrons. The van der Waals surface area contributed by atoms with Gasteiger partial charge in [0.2, 0.25) is 0 Å². The fraction of sp³-hybridized carbons (Fsp3) is 0.231. The van der Waals surface area contributed by atoms with E-state index in [1.807, 2.05) is 6.07 Å². The van der Waals surface area contributed by atoms with Gasteiger partial charge >= 0.3 is 106 Å². The minimum atomic E-state index is -1.79. The first kappa shape index (κ1) is 10.7. The molecule has 0 aromatic heterocycles. The Kier molecular flexibility index (Phi) is 2.95. The monoisotopic (exact) mass is 344 g/mol. The summed E-state index contributed by atoms with van der Waals surface area (Å²) in [7, 11) is 0. The summed E-state index contributed by atoms with van der Waals surface area (Å²) in [6.07, 6.45) is 1.14. The number of benzene rings is 2. The van der Waals surface area contributed by atoms with Crippen molar-refractivity contribution in [3.05, 3.63) is 36.4 Å². The van der Waals surface area contributed by atoms with Crippen LogP contribution in [0.1, 0.15) is 6.42 Å². The normalized spacial score (nSPS) is 20.4. The molecule has 0 aliphatic carbocycles. The third-order valence-electron chi connectivity index (χ3n) is 2.81. The quantitative estimate of drug-likeness (QED) is 0.665. The van der Waals surface area contributed by atoms with Crippen LogP contribution in [-0.4, -0.2) is 28.8 Å². The summed E-state index contributed by atoms with van der Waals surface area (Å²) in [4.78, 5) is 0. The molecule has 1 unspecified atom stereocenters. The molecule has 1 aliphatic rings. The van der Waals surface area contributed by atoms with Gasteiger partial charge in [0.05, 0.1) is 0 Å². The maximum atomic E-state index is 12.3. The number of hydrogen-bond donors (Lipinski definition) is 0. The summed E-state index contributed by atoms with van der Waals surface area (Å²) in [5.41, 5.74) is 0. The zero-order valence-electron chi connectivity index (χ0n) is 8.81. The van der Waals surface area contributed by atoms with E-state index in [0.717, 1.165) is 16.2 Å². The van der Waals surface area contributed by atoms with Crippen molar-refractivity contribution in [1.29, 1.82) is 0 Å². The molecule has 2 aromatic rings. The predicted molar refractivity (Wildman–Crippen MR) is 69.6 cm³/mol. The summed E-state index contributed by atoms with van der Waals surface area (Å²) < 4.78 is 14.9. The van der Waals surface area contributed by atoms with Gasteiger partial charge in [-0.1, -0.05) is 0 Å². The van der Waals surface area contributed by atoms with Gasteiger partial charge in [0, 0.05) is 0 Å². The van der Waals surface area contributed by atoms with E-state index in [1.54, 1.807) is 0 Å². The van der Waals surface area contributed by atoms with Gasteiger partial charge in [0.15, 0.2) is 0 Å². The molecular formula is C13H12OSe2. The van der Waals surface area contributed by atoms with Gasteiger partial charge in [-0.15, -0.1) is 0 Å². The third-order valence-corrected chi connectivity index (χ3v) is 8.33. The molecule has 2 aromatic carbocycles. The second-order valence-electron chi connectivity index (χ2n) is 3.86. The average molecular weight is 342 g/mol. The van der Waals surface area contributed by atoms with Crippen LogP contribution in [0.4, 0.5) is 0 Å². The molecule has 3 rings (SSSR count). The Balaban J connectivity index is 2.38. The van der Waals surface area contributed by atoms with Crippen molar-refractivity contribution < 1.29 is 3.83 Å². The average Bonchev–Trinajstić information content (AvgIpc) is 2.32. The van der Waals surface area contributed by atoms with Crippen LogP contribution in [0.2, 0.25) is 10.6 Å². The van der Waals surface area contributed by atoms with E-state index in [0.29, 0.717) is 15.0 Å². The van der Waals surface area contributed by atoms with Crippen LogP contribution in [0.15, 0.2) is 36.4 Å². The van der Waals surface area contributed by atoms with E-state index in [2.05, 4.69) is 30.3 Å². The molecule has 1 aliphatic heterocycles. The first-order valence-electron chi connectivity index (χ1n) is 5.39. The van der Waals surface area contributed by atoms with Crippen LogP contribution < -0.4 is 8.92 Å². The van der Waals surface area contributed by atoms with E-state index < -0.39 is 13.8 Å². The van der Waals surface area contributed by atoms with Crippen LogP contribution in [-0.2, 0) is 3.83 Å². The topological polar surface area (TPSA) is 17.1 Å². The summed E-state index contributed by atoms with van der Waals surface area (Å²) in [6.45, 7) is 0. The van der Waals surface area contributed by atoms with Crippen LogP contribution in [0.3, 0.4) is 0 Å². The molecular weight excluding hydrogens is 330 g/mol. The van der Waals surface area contributed by atoms with E-state index in [-0.39, 0.29) is 0 Å². The van der Waals surface area contributed by atoms with Gasteiger partial charge in [0.1, 0.15) is 0 Å². The Hall–Kier alpha value is -0.461. The molecule has 0 saturated heterocycles.